The van der Waals surface area contributed by atoms with Crippen molar-refractivity contribution in [2.45, 2.75) is 84.7 Å². The van der Waals surface area contributed by atoms with Gasteiger partial charge in [0.25, 0.3) is 0 Å². The van der Waals surface area contributed by atoms with Crippen LogP contribution in [0, 0.1) is 11.8 Å². The summed E-state index contributed by atoms with van der Waals surface area (Å²) in [7, 11) is 0. The highest BCUT2D eigenvalue weighted by Crippen LogP contribution is 2.47. The van der Waals surface area contributed by atoms with E-state index in [0.29, 0.717) is 17.7 Å². The Bertz CT molecular complexity index is 936. The number of hydrogen-bond donors (Lipinski definition) is 3. The minimum absolute atomic E-state index is 0.0637. The van der Waals surface area contributed by atoms with Gasteiger partial charge in [0, 0.05) is 11.5 Å². The Balaban J connectivity index is 1.92. The number of β-lactam (4-membered cyclic amide) rings is 1. The summed E-state index contributed by atoms with van der Waals surface area (Å²) in [6.07, 6.45) is 7.69. The van der Waals surface area contributed by atoms with Crippen LogP contribution in [0.3, 0.4) is 0 Å². The summed E-state index contributed by atoms with van der Waals surface area (Å²) < 4.78 is 5.80. The minimum atomic E-state index is -0.631. The summed E-state index contributed by atoms with van der Waals surface area (Å²) in [5.74, 6) is 0.257. The molecule has 0 radical (unpaired) electrons. The zero-order valence-electron chi connectivity index (χ0n) is 20.4. The van der Waals surface area contributed by atoms with Gasteiger partial charge in [-0.1, -0.05) is 50.5 Å². The summed E-state index contributed by atoms with van der Waals surface area (Å²) in [6, 6.07) is 3.69. The van der Waals surface area contributed by atoms with Crippen molar-refractivity contribution in [3.63, 3.8) is 0 Å². The maximum Gasteiger partial charge on any atom is 0.414 e. The van der Waals surface area contributed by atoms with Gasteiger partial charge in [0.05, 0.1) is 5.92 Å². The molecule has 33 heavy (non-hydrogen) atoms. The number of carbonyl (C=O) groups excluding carboxylic acids is 2. The molecule has 2 aliphatic rings. The average molecular weight is 455 g/mol. The molecule has 6 nitrogen and oxygen atoms in total. The number of hydrogen-bond acceptors (Lipinski definition) is 4. The molecule has 6 heteroatoms. The number of rotatable bonds is 9. The van der Waals surface area contributed by atoms with Gasteiger partial charge in [0.1, 0.15) is 17.7 Å². The van der Waals surface area contributed by atoms with Gasteiger partial charge >= 0.3 is 6.09 Å². The van der Waals surface area contributed by atoms with Crippen molar-refractivity contribution in [3.05, 3.63) is 47.1 Å². The second-order valence-corrected chi connectivity index (χ2v) is 9.55. The molecular formula is C27H38N2O4. The van der Waals surface area contributed by atoms with Gasteiger partial charge in [0.2, 0.25) is 5.91 Å². The molecule has 3 N–H and O–H groups in total. The van der Waals surface area contributed by atoms with Gasteiger partial charge in [-0.15, -0.1) is 0 Å². The van der Waals surface area contributed by atoms with Gasteiger partial charge in [-0.3, -0.25) is 4.79 Å². The Morgan fingerprint density at radius 1 is 1.30 bits per heavy atom. The lowest BCUT2D eigenvalue weighted by molar-refractivity contribution is -0.135. The van der Waals surface area contributed by atoms with Crippen LogP contribution in [0.4, 0.5) is 4.79 Å². The number of ether oxygens (including phenoxy) is 1. The van der Waals surface area contributed by atoms with Gasteiger partial charge in [-0.05, 0) is 69.6 Å². The Hall–Kier alpha value is -2.76. The van der Waals surface area contributed by atoms with E-state index in [4.69, 9.17) is 4.74 Å². The molecule has 1 heterocycles. The Morgan fingerprint density at radius 2 is 2.06 bits per heavy atom. The van der Waals surface area contributed by atoms with Crippen molar-refractivity contribution >= 4 is 12.0 Å². The molecule has 1 fully saturated rings. The predicted molar refractivity (Wildman–Crippen MR) is 130 cm³/mol. The molecule has 0 spiro atoms. The molecule has 1 aliphatic heterocycles. The average Bonchev–Trinajstić information content (AvgIpc) is 2.73. The Labute approximate surface area is 197 Å². The molecule has 0 saturated carbocycles. The third-order valence-corrected chi connectivity index (χ3v) is 6.92. The molecule has 1 saturated heterocycles. The molecular weight excluding hydrogens is 416 g/mol. The van der Waals surface area contributed by atoms with Gasteiger partial charge < -0.3 is 20.5 Å². The molecule has 1 aliphatic carbocycles. The first kappa shape index (κ1) is 24.9. The first-order valence-corrected chi connectivity index (χ1v) is 12.2. The van der Waals surface area contributed by atoms with Crippen molar-refractivity contribution in [1.29, 1.82) is 0 Å². The fourth-order valence-electron chi connectivity index (χ4n) is 4.95. The monoisotopic (exact) mass is 454 g/mol. The van der Waals surface area contributed by atoms with Crippen molar-refractivity contribution in [1.82, 2.24) is 10.6 Å². The molecule has 0 aromatic heterocycles. The third kappa shape index (κ3) is 5.79. The number of carbonyl (C=O) groups is 2. The fraction of sp³-hybridized carbons (Fsp3) is 0.556. The van der Waals surface area contributed by atoms with Crippen molar-refractivity contribution in [3.8, 4) is 11.5 Å². The number of nitrogens with one attached hydrogen (secondary N) is 2. The largest absolute Gasteiger partial charge is 0.507 e. The summed E-state index contributed by atoms with van der Waals surface area (Å²) in [6.45, 7) is 12.3. The molecule has 3 rings (SSSR count). The molecule has 180 valence electrons. The van der Waals surface area contributed by atoms with E-state index in [1.54, 1.807) is 0 Å². The van der Waals surface area contributed by atoms with E-state index in [1.165, 1.54) is 5.57 Å². The normalized spacial score (nSPS) is 24.4. The lowest BCUT2D eigenvalue weighted by Gasteiger charge is -2.36. The predicted octanol–water partition coefficient (Wildman–Crippen LogP) is 5.71. The first-order valence-electron chi connectivity index (χ1n) is 12.2. The zero-order valence-corrected chi connectivity index (χ0v) is 20.4. The minimum Gasteiger partial charge on any atom is -0.507 e. The molecule has 2 amide bonds. The molecule has 0 bridgehead atoms. The zero-order chi connectivity index (χ0) is 24.1. The highest BCUT2D eigenvalue weighted by atomic mass is 16.6. The number of unbranched alkanes of at least 4 members (excludes halogenated alkanes) is 2. The number of allylic oxidation sites excluding steroid dienone is 3. The van der Waals surface area contributed by atoms with Crippen LogP contribution >= 0.6 is 0 Å². The number of amides is 2. The van der Waals surface area contributed by atoms with Crippen LogP contribution in [0.25, 0.3) is 0 Å². The standard InChI is InChI=1S/C27H38N2O4/c1-6-8-9-10-18-14-22(30)24(21-13-17(5)11-12-20(21)16(3)4)23(15-18)33-27(32)29-25-19(7-2)26(31)28-25/h13-15,19-21,25,30H,3,6-12H2,1-2,4-5H3,(H,28,31)(H,29,32)/t19-,20+,21-,25-/m1/s1. The second-order valence-electron chi connectivity index (χ2n) is 9.55. The van der Waals surface area contributed by atoms with E-state index in [2.05, 4.69) is 37.1 Å². The number of aryl methyl sites for hydroxylation is 1. The van der Waals surface area contributed by atoms with Crippen LogP contribution in [-0.4, -0.2) is 23.3 Å². The lowest BCUT2D eigenvalue weighted by atomic mass is 9.73. The topological polar surface area (TPSA) is 87.7 Å². The number of aromatic hydroxyl groups is 1. The highest BCUT2D eigenvalue weighted by Gasteiger charge is 2.39. The van der Waals surface area contributed by atoms with Crippen molar-refractivity contribution in [2.24, 2.45) is 11.8 Å². The van der Waals surface area contributed by atoms with E-state index in [0.717, 1.165) is 49.7 Å². The SMILES string of the molecule is C=C(C)[C@@H]1CCC(C)=C[C@H]1c1c(O)cc(CCCCC)cc1OC(=O)N[C@H]1NC(=O)[C@@H]1CC. The molecule has 1 aromatic rings. The van der Waals surface area contributed by atoms with Crippen molar-refractivity contribution in [2.75, 3.05) is 0 Å². The Kier molecular flexibility index (Phi) is 8.22. The van der Waals surface area contributed by atoms with Crippen LogP contribution < -0.4 is 15.4 Å². The maximum atomic E-state index is 12.8. The van der Waals surface area contributed by atoms with Crippen LogP contribution in [0.2, 0.25) is 0 Å². The summed E-state index contributed by atoms with van der Waals surface area (Å²) >= 11 is 0. The van der Waals surface area contributed by atoms with E-state index < -0.39 is 12.3 Å². The lowest BCUT2D eigenvalue weighted by Crippen LogP contribution is -2.66. The summed E-state index contributed by atoms with van der Waals surface area (Å²) in [4.78, 5) is 24.4. The number of benzene rings is 1. The first-order chi connectivity index (χ1) is 15.7. The molecule has 1 aromatic carbocycles. The smallest absolute Gasteiger partial charge is 0.414 e. The van der Waals surface area contributed by atoms with Gasteiger partial charge in [-0.2, -0.15) is 0 Å². The number of phenolic OH excluding ortho intramolecular Hbond substituents is 1. The maximum absolute atomic E-state index is 12.8. The van der Waals surface area contributed by atoms with E-state index in [9.17, 15) is 14.7 Å². The van der Waals surface area contributed by atoms with E-state index in [-0.39, 0.29) is 29.4 Å². The van der Waals surface area contributed by atoms with E-state index in [1.807, 2.05) is 26.0 Å². The molecule has 0 unspecified atom stereocenters. The number of phenols is 1. The quantitative estimate of drug-likeness (QED) is 0.253. The molecule has 4 atom stereocenters. The van der Waals surface area contributed by atoms with Crippen LogP contribution in [0.15, 0.2) is 35.9 Å². The summed E-state index contributed by atoms with van der Waals surface area (Å²) in [5, 5.41) is 16.6. The van der Waals surface area contributed by atoms with Crippen LogP contribution in [0.1, 0.15) is 83.3 Å². The second kappa shape index (κ2) is 10.9. The van der Waals surface area contributed by atoms with Crippen molar-refractivity contribution < 1.29 is 19.4 Å². The Morgan fingerprint density at radius 3 is 2.70 bits per heavy atom. The third-order valence-electron chi connectivity index (χ3n) is 6.92. The van der Waals surface area contributed by atoms with Gasteiger partial charge in [-0.25, -0.2) is 4.79 Å². The van der Waals surface area contributed by atoms with Gasteiger partial charge in [0.15, 0.2) is 0 Å². The fourth-order valence-corrected chi connectivity index (χ4v) is 4.95. The van der Waals surface area contributed by atoms with Crippen LogP contribution in [0.5, 0.6) is 11.5 Å². The van der Waals surface area contributed by atoms with E-state index >= 15 is 0 Å². The summed E-state index contributed by atoms with van der Waals surface area (Å²) in [5.41, 5.74) is 3.87. The highest BCUT2D eigenvalue weighted by molar-refractivity contribution is 5.87. The van der Waals surface area contributed by atoms with Crippen LogP contribution in [-0.2, 0) is 11.2 Å².